The number of hydrogen-bond donors (Lipinski definition) is 1. The highest BCUT2D eigenvalue weighted by atomic mass is 16.5. The number of primary amides is 1. The molecular formula is C23H27NO3. The van der Waals surface area contributed by atoms with Crippen LogP contribution >= 0.6 is 0 Å². The van der Waals surface area contributed by atoms with Crippen molar-refractivity contribution < 1.29 is 14.3 Å². The number of fused-ring (bicyclic) bond motifs is 1. The van der Waals surface area contributed by atoms with Gasteiger partial charge in [0.05, 0.1) is 0 Å². The lowest BCUT2D eigenvalue weighted by molar-refractivity contribution is -0.152. The summed E-state index contributed by atoms with van der Waals surface area (Å²) in [6, 6.07) is 15.6. The minimum atomic E-state index is -0.424. The van der Waals surface area contributed by atoms with E-state index in [4.69, 9.17) is 10.5 Å². The first-order valence-electron chi connectivity index (χ1n) is 9.60. The Morgan fingerprint density at radius 3 is 2.48 bits per heavy atom. The Hall–Kier alpha value is -2.62. The van der Waals surface area contributed by atoms with Crippen LogP contribution in [0, 0.1) is 11.8 Å². The number of rotatable bonds is 7. The molecule has 2 unspecified atom stereocenters. The molecule has 142 valence electrons. The molecule has 2 aromatic carbocycles. The summed E-state index contributed by atoms with van der Waals surface area (Å²) in [4.78, 5) is 23.6. The fourth-order valence-corrected chi connectivity index (χ4v) is 3.69. The first-order chi connectivity index (χ1) is 12.9. The summed E-state index contributed by atoms with van der Waals surface area (Å²) < 4.78 is 5.92. The Kier molecular flexibility index (Phi) is 5.94. The average Bonchev–Trinajstić information content (AvgIpc) is 2.98. The van der Waals surface area contributed by atoms with E-state index in [0.29, 0.717) is 17.9 Å². The molecule has 4 heteroatoms. The zero-order valence-corrected chi connectivity index (χ0v) is 16.0. The molecule has 1 aliphatic rings. The fraction of sp³-hybridized carbons (Fsp3) is 0.391. The largest absolute Gasteiger partial charge is 0.457 e. The Morgan fingerprint density at radius 2 is 1.81 bits per heavy atom. The van der Waals surface area contributed by atoms with E-state index >= 15 is 0 Å². The fourth-order valence-electron chi connectivity index (χ4n) is 3.69. The maximum Gasteiger partial charge on any atom is 0.306 e. The van der Waals surface area contributed by atoms with E-state index in [1.165, 1.54) is 5.56 Å². The first-order valence-corrected chi connectivity index (χ1v) is 9.60. The molecule has 0 heterocycles. The maximum atomic E-state index is 12.4. The maximum absolute atomic E-state index is 12.4. The third kappa shape index (κ3) is 4.76. The number of benzene rings is 2. The summed E-state index contributed by atoms with van der Waals surface area (Å²) in [5.74, 6) is 0.129. The van der Waals surface area contributed by atoms with Crippen LogP contribution in [0.4, 0.5) is 0 Å². The van der Waals surface area contributed by atoms with E-state index in [0.717, 1.165) is 30.4 Å². The van der Waals surface area contributed by atoms with Gasteiger partial charge in [0.15, 0.2) is 0 Å². The van der Waals surface area contributed by atoms with Gasteiger partial charge in [-0.05, 0) is 54.0 Å². The smallest absolute Gasteiger partial charge is 0.306 e. The minimum absolute atomic E-state index is 0.125. The highest BCUT2D eigenvalue weighted by molar-refractivity contribution is 5.92. The number of esters is 1. The molecule has 1 aliphatic carbocycles. The van der Waals surface area contributed by atoms with Gasteiger partial charge in [-0.1, -0.05) is 50.2 Å². The summed E-state index contributed by atoms with van der Waals surface area (Å²) in [5, 5.41) is 0. The van der Waals surface area contributed by atoms with Crippen LogP contribution in [0.3, 0.4) is 0 Å². The normalized spacial score (nSPS) is 18.3. The van der Waals surface area contributed by atoms with Gasteiger partial charge in [0.1, 0.15) is 6.10 Å². The minimum Gasteiger partial charge on any atom is -0.457 e. The van der Waals surface area contributed by atoms with Crippen LogP contribution in [0.25, 0.3) is 0 Å². The molecule has 3 rings (SSSR count). The molecule has 0 bridgehead atoms. The van der Waals surface area contributed by atoms with Crippen molar-refractivity contribution in [3.63, 3.8) is 0 Å². The molecule has 0 aliphatic heterocycles. The number of amides is 1. The zero-order valence-electron chi connectivity index (χ0n) is 16.0. The second-order valence-corrected chi connectivity index (χ2v) is 7.77. The van der Waals surface area contributed by atoms with Crippen molar-refractivity contribution in [2.45, 2.75) is 45.6 Å². The topological polar surface area (TPSA) is 69.4 Å². The molecule has 0 radical (unpaired) electrons. The standard InChI is InChI=1S/C23H27NO3/c1-15(2)7-12-21(25)27-22-19(14-18-5-3-4-6-20(18)22)13-16-8-10-17(11-9-16)23(24)26/h3-6,8-11,15,19,22H,7,12-14H2,1-2H3,(H2,24,26). The van der Waals surface area contributed by atoms with Gasteiger partial charge < -0.3 is 10.5 Å². The quantitative estimate of drug-likeness (QED) is 0.747. The summed E-state index contributed by atoms with van der Waals surface area (Å²) in [7, 11) is 0. The van der Waals surface area contributed by atoms with E-state index in [-0.39, 0.29) is 18.0 Å². The summed E-state index contributed by atoms with van der Waals surface area (Å²) in [5.41, 5.74) is 9.30. The molecule has 0 saturated heterocycles. The van der Waals surface area contributed by atoms with Gasteiger partial charge in [-0.2, -0.15) is 0 Å². The number of carbonyl (C=O) groups is 2. The number of carbonyl (C=O) groups excluding carboxylic acids is 2. The molecule has 2 N–H and O–H groups in total. The van der Waals surface area contributed by atoms with Crippen molar-refractivity contribution in [3.05, 3.63) is 70.8 Å². The molecule has 4 nitrogen and oxygen atoms in total. The van der Waals surface area contributed by atoms with Crippen molar-refractivity contribution in [2.24, 2.45) is 17.6 Å². The SMILES string of the molecule is CC(C)CCC(=O)OC1c2ccccc2CC1Cc1ccc(C(N)=O)cc1. The second-order valence-electron chi connectivity index (χ2n) is 7.77. The molecule has 1 amide bonds. The van der Waals surface area contributed by atoms with Gasteiger partial charge in [0.25, 0.3) is 0 Å². The van der Waals surface area contributed by atoms with Crippen LogP contribution in [0.15, 0.2) is 48.5 Å². The lowest BCUT2D eigenvalue weighted by Gasteiger charge is -2.21. The van der Waals surface area contributed by atoms with E-state index < -0.39 is 5.91 Å². The first kappa shape index (κ1) is 19.2. The van der Waals surface area contributed by atoms with Crippen molar-refractivity contribution in [3.8, 4) is 0 Å². The monoisotopic (exact) mass is 365 g/mol. The average molecular weight is 365 g/mol. The zero-order chi connectivity index (χ0) is 19.4. The van der Waals surface area contributed by atoms with Crippen LogP contribution < -0.4 is 5.73 Å². The van der Waals surface area contributed by atoms with E-state index in [1.807, 2.05) is 24.3 Å². The lowest BCUT2D eigenvalue weighted by Crippen LogP contribution is -2.18. The van der Waals surface area contributed by atoms with Crippen molar-refractivity contribution >= 4 is 11.9 Å². The summed E-state index contributed by atoms with van der Waals surface area (Å²) in [6.45, 7) is 4.22. The van der Waals surface area contributed by atoms with Crippen molar-refractivity contribution in [1.29, 1.82) is 0 Å². The number of nitrogens with two attached hydrogens (primary N) is 1. The molecule has 0 aromatic heterocycles. The van der Waals surface area contributed by atoms with Crippen LogP contribution in [0.5, 0.6) is 0 Å². The van der Waals surface area contributed by atoms with Gasteiger partial charge in [-0.25, -0.2) is 0 Å². The molecular weight excluding hydrogens is 338 g/mol. The van der Waals surface area contributed by atoms with Gasteiger partial charge >= 0.3 is 5.97 Å². The molecule has 0 fully saturated rings. The third-order valence-corrected chi connectivity index (χ3v) is 5.19. The molecule has 2 atom stereocenters. The van der Waals surface area contributed by atoms with Crippen LogP contribution in [-0.4, -0.2) is 11.9 Å². The van der Waals surface area contributed by atoms with E-state index in [1.54, 1.807) is 12.1 Å². The highest BCUT2D eigenvalue weighted by Crippen LogP contribution is 2.40. The molecule has 0 spiro atoms. The van der Waals surface area contributed by atoms with Crippen molar-refractivity contribution in [2.75, 3.05) is 0 Å². The van der Waals surface area contributed by atoms with Gasteiger partial charge in [0, 0.05) is 17.9 Å². The predicted octanol–water partition coefficient (Wildman–Crippen LogP) is 4.22. The predicted molar refractivity (Wildman–Crippen MR) is 105 cm³/mol. The van der Waals surface area contributed by atoms with Crippen LogP contribution in [0.1, 0.15) is 59.8 Å². The second kappa shape index (κ2) is 8.38. The summed E-state index contributed by atoms with van der Waals surface area (Å²) in [6.07, 6.45) is 2.76. The van der Waals surface area contributed by atoms with Gasteiger partial charge in [0.2, 0.25) is 5.91 Å². The number of hydrogen-bond acceptors (Lipinski definition) is 3. The van der Waals surface area contributed by atoms with Crippen LogP contribution in [0.2, 0.25) is 0 Å². The third-order valence-electron chi connectivity index (χ3n) is 5.19. The van der Waals surface area contributed by atoms with Gasteiger partial charge in [-0.15, -0.1) is 0 Å². The Bertz CT molecular complexity index is 811. The Labute approximate surface area is 160 Å². The Balaban J connectivity index is 1.74. The number of ether oxygens (including phenoxy) is 1. The molecule has 0 saturated carbocycles. The van der Waals surface area contributed by atoms with E-state index in [2.05, 4.69) is 26.0 Å². The van der Waals surface area contributed by atoms with E-state index in [9.17, 15) is 9.59 Å². The lowest BCUT2D eigenvalue weighted by atomic mass is 9.94. The molecule has 2 aromatic rings. The summed E-state index contributed by atoms with van der Waals surface area (Å²) >= 11 is 0. The Morgan fingerprint density at radius 1 is 1.11 bits per heavy atom. The van der Waals surface area contributed by atoms with Crippen LogP contribution in [-0.2, 0) is 22.4 Å². The molecule has 27 heavy (non-hydrogen) atoms. The highest BCUT2D eigenvalue weighted by Gasteiger charge is 2.35. The van der Waals surface area contributed by atoms with Crippen molar-refractivity contribution in [1.82, 2.24) is 0 Å². The van der Waals surface area contributed by atoms with Gasteiger partial charge in [-0.3, -0.25) is 9.59 Å².